The van der Waals surface area contributed by atoms with Crippen LogP contribution in [-0.4, -0.2) is 28.7 Å². The van der Waals surface area contributed by atoms with Gasteiger partial charge in [-0.15, -0.1) is 0 Å². The molecule has 0 bridgehead atoms. The van der Waals surface area contributed by atoms with Crippen molar-refractivity contribution in [2.45, 2.75) is 25.4 Å². The molecule has 0 aliphatic carbocycles. The lowest BCUT2D eigenvalue weighted by atomic mass is 10.0. The summed E-state index contributed by atoms with van der Waals surface area (Å²) >= 11 is 3.31. The van der Waals surface area contributed by atoms with Gasteiger partial charge in [0.2, 0.25) is 0 Å². The van der Waals surface area contributed by atoms with Crippen molar-refractivity contribution in [2.75, 3.05) is 18.5 Å². The molecule has 1 atom stereocenters. The van der Waals surface area contributed by atoms with E-state index in [1.807, 2.05) is 6.07 Å². The number of halogens is 1. The van der Waals surface area contributed by atoms with Crippen LogP contribution in [0.2, 0.25) is 0 Å². The van der Waals surface area contributed by atoms with E-state index in [-0.39, 0.29) is 5.60 Å². The van der Waals surface area contributed by atoms with Crippen LogP contribution in [0.5, 0.6) is 0 Å². The third kappa shape index (κ3) is 2.89. The Labute approximate surface area is 97.6 Å². The fourth-order valence-electron chi connectivity index (χ4n) is 1.68. The van der Waals surface area contributed by atoms with E-state index in [0.717, 1.165) is 36.4 Å². The Morgan fingerprint density at radius 2 is 2.47 bits per heavy atom. The lowest BCUT2D eigenvalue weighted by Crippen LogP contribution is -2.32. The molecular weight excluding hydrogens is 258 g/mol. The van der Waals surface area contributed by atoms with E-state index in [9.17, 15) is 0 Å². The first-order valence-electron chi connectivity index (χ1n) is 5.03. The predicted octanol–water partition coefficient (Wildman–Crippen LogP) is 2.22. The van der Waals surface area contributed by atoms with E-state index in [1.165, 1.54) is 6.33 Å². The number of nitrogens with one attached hydrogen (secondary N) is 1. The first-order valence-corrected chi connectivity index (χ1v) is 5.83. The Bertz CT molecular complexity index is 339. The Morgan fingerprint density at radius 1 is 1.60 bits per heavy atom. The Kier molecular flexibility index (Phi) is 3.21. The quantitative estimate of drug-likeness (QED) is 0.857. The van der Waals surface area contributed by atoms with Crippen LogP contribution >= 0.6 is 15.9 Å². The van der Waals surface area contributed by atoms with E-state index in [1.54, 1.807) is 0 Å². The summed E-state index contributed by atoms with van der Waals surface area (Å²) in [5, 5.41) is 3.26. The van der Waals surface area contributed by atoms with Gasteiger partial charge in [-0.25, -0.2) is 9.97 Å². The molecular formula is C10H14BrN3O. The van der Waals surface area contributed by atoms with Gasteiger partial charge in [0, 0.05) is 19.2 Å². The molecule has 1 aliphatic rings. The lowest BCUT2D eigenvalue weighted by molar-refractivity contribution is 0.0315. The minimum absolute atomic E-state index is 0.0442. The average Bonchev–Trinajstić information content (AvgIpc) is 2.63. The highest BCUT2D eigenvalue weighted by atomic mass is 79.9. The van der Waals surface area contributed by atoms with Crippen molar-refractivity contribution in [2.24, 2.45) is 0 Å². The number of hydrogen-bond donors (Lipinski definition) is 1. The van der Waals surface area contributed by atoms with Crippen molar-refractivity contribution in [3.8, 4) is 0 Å². The molecule has 1 aliphatic heterocycles. The Morgan fingerprint density at radius 3 is 3.13 bits per heavy atom. The van der Waals surface area contributed by atoms with Gasteiger partial charge in [0.25, 0.3) is 0 Å². The van der Waals surface area contributed by atoms with Crippen LogP contribution in [0.1, 0.15) is 19.8 Å². The average molecular weight is 272 g/mol. The molecule has 2 heterocycles. The van der Waals surface area contributed by atoms with E-state index in [2.05, 4.69) is 38.1 Å². The van der Waals surface area contributed by atoms with Crippen molar-refractivity contribution < 1.29 is 4.74 Å². The normalized spacial score (nSPS) is 25.5. The molecule has 1 aromatic heterocycles. The van der Waals surface area contributed by atoms with Crippen molar-refractivity contribution in [3.63, 3.8) is 0 Å². The highest BCUT2D eigenvalue weighted by molar-refractivity contribution is 9.10. The number of nitrogens with zero attached hydrogens (tertiary/aromatic N) is 2. The van der Waals surface area contributed by atoms with Crippen LogP contribution in [-0.2, 0) is 4.74 Å². The second-order valence-electron chi connectivity index (χ2n) is 3.98. The van der Waals surface area contributed by atoms with Crippen LogP contribution in [0.15, 0.2) is 17.0 Å². The SMILES string of the molecule is CC1(CNc2cc(Br)ncn2)CCCO1. The zero-order valence-electron chi connectivity index (χ0n) is 8.66. The molecule has 0 aromatic carbocycles. The summed E-state index contributed by atoms with van der Waals surface area (Å²) in [6.07, 6.45) is 3.78. The van der Waals surface area contributed by atoms with Gasteiger partial charge in [-0.3, -0.25) is 0 Å². The van der Waals surface area contributed by atoms with Crippen molar-refractivity contribution >= 4 is 21.7 Å². The molecule has 0 saturated carbocycles. The lowest BCUT2D eigenvalue weighted by Gasteiger charge is -2.23. The number of anilines is 1. The molecule has 82 valence electrons. The van der Waals surface area contributed by atoms with Gasteiger partial charge >= 0.3 is 0 Å². The van der Waals surface area contributed by atoms with Crippen molar-refractivity contribution in [3.05, 3.63) is 17.0 Å². The smallest absolute Gasteiger partial charge is 0.130 e. The second kappa shape index (κ2) is 4.45. The van der Waals surface area contributed by atoms with Crippen molar-refractivity contribution in [1.29, 1.82) is 0 Å². The molecule has 2 rings (SSSR count). The number of hydrogen-bond acceptors (Lipinski definition) is 4. The number of aromatic nitrogens is 2. The molecule has 0 radical (unpaired) electrons. The van der Waals surface area contributed by atoms with Gasteiger partial charge in [0.05, 0.1) is 5.60 Å². The van der Waals surface area contributed by atoms with Gasteiger partial charge in [0.1, 0.15) is 16.7 Å². The summed E-state index contributed by atoms with van der Waals surface area (Å²) in [4.78, 5) is 8.10. The van der Waals surface area contributed by atoms with E-state index >= 15 is 0 Å². The maximum absolute atomic E-state index is 5.67. The molecule has 1 N–H and O–H groups in total. The molecule has 1 saturated heterocycles. The molecule has 1 fully saturated rings. The summed E-state index contributed by atoms with van der Waals surface area (Å²) in [6.45, 7) is 3.78. The first-order chi connectivity index (χ1) is 7.18. The minimum Gasteiger partial charge on any atom is -0.373 e. The molecule has 0 amide bonds. The summed E-state index contributed by atoms with van der Waals surface area (Å²) in [5.41, 5.74) is -0.0442. The fraction of sp³-hybridized carbons (Fsp3) is 0.600. The van der Waals surface area contributed by atoms with E-state index in [0.29, 0.717) is 0 Å². The minimum atomic E-state index is -0.0442. The van der Waals surface area contributed by atoms with E-state index in [4.69, 9.17) is 4.74 Å². The van der Waals surface area contributed by atoms with Gasteiger partial charge < -0.3 is 10.1 Å². The fourth-order valence-corrected chi connectivity index (χ4v) is 1.99. The Hall–Kier alpha value is -0.680. The van der Waals surface area contributed by atoms with Crippen LogP contribution in [0, 0.1) is 0 Å². The zero-order valence-corrected chi connectivity index (χ0v) is 10.2. The van der Waals surface area contributed by atoms with Crippen molar-refractivity contribution in [1.82, 2.24) is 9.97 Å². The molecule has 1 unspecified atom stereocenters. The number of rotatable bonds is 3. The largest absolute Gasteiger partial charge is 0.373 e. The van der Waals surface area contributed by atoms with E-state index < -0.39 is 0 Å². The molecule has 0 spiro atoms. The second-order valence-corrected chi connectivity index (χ2v) is 4.79. The molecule has 15 heavy (non-hydrogen) atoms. The monoisotopic (exact) mass is 271 g/mol. The summed E-state index contributed by atoms with van der Waals surface area (Å²) < 4.78 is 6.46. The maximum atomic E-state index is 5.67. The van der Waals surface area contributed by atoms with Crippen LogP contribution < -0.4 is 5.32 Å². The standard InChI is InChI=1S/C10H14BrN3O/c1-10(3-2-4-15-10)6-12-9-5-8(11)13-7-14-9/h5,7H,2-4,6H2,1H3,(H,12,13,14). The van der Waals surface area contributed by atoms with Crippen LogP contribution in [0.4, 0.5) is 5.82 Å². The zero-order chi connectivity index (χ0) is 10.7. The molecule has 1 aromatic rings. The third-order valence-electron chi connectivity index (χ3n) is 2.58. The Balaban J connectivity index is 1.92. The summed E-state index contributed by atoms with van der Waals surface area (Å²) in [5.74, 6) is 0.827. The third-order valence-corrected chi connectivity index (χ3v) is 3.01. The van der Waals surface area contributed by atoms with Gasteiger partial charge in [0.15, 0.2) is 0 Å². The van der Waals surface area contributed by atoms with Gasteiger partial charge in [-0.2, -0.15) is 0 Å². The maximum Gasteiger partial charge on any atom is 0.130 e. The first kappa shape index (κ1) is 10.8. The molecule has 5 heteroatoms. The van der Waals surface area contributed by atoms with Gasteiger partial charge in [-0.1, -0.05) is 0 Å². The molecule has 4 nitrogen and oxygen atoms in total. The van der Waals surface area contributed by atoms with Gasteiger partial charge in [-0.05, 0) is 35.7 Å². The summed E-state index contributed by atoms with van der Waals surface area (Å²) in [6, 6.07) is 1.86. The van der Waals surface area contributed by atoms with Crippen LogP contribution in [0.25, 0.3) is 0 Å². The summed E-state index contributed by atoms with van der Waals surface area (Å²) in [7, 11) is 0. The predicted molar refractivity (Wildman–Crippen MR) is 61.8 cm³/mol. The van der Waals surface area contributed by atoms with Crippen LogP contribution in [0.3, 0.4) is 0 Å². The topological polar surface area (TPSA) is 47.0 Å². The highest BCUT2D eigenvalue weighted by Gasteiger charge is 2.29. The highest BCUT2D eigenvalue weighted by Crippen LogP contribution is 2.25. The number of ether oxygens (including phenoxy) is 1.